The van der Waals surface area contributed by atoms with Crippen molar-refractivity contribution < 1.29 is 14.6 Å². The second-order valence-electron chi connectivity index (χ2n) is 5.25. The van der Waals surface area contributed by atoms with Crippen LogP contribution in [0.15, 0.2) is 24.3 Å². The maximum atomic E-state index is 11.0. The van der Waals surface area contributed by atoms with E-state index in [1.165, 1.54) is 5.56 Å². The fourth-order valence-electron chi connectivity index (χ4n) is 2.06. The van der Waals surface area contributed by atoms with Crippen LogP contribution in [0.3, 0.4) is 0 Å². The molecule has 92 valence electrons. The number of hydrogen-bond donors (Lipinski definition) is 1. The highest BCUT2D eigenvalue weighted by atomic mass is 16.6. The van der Waals surface area contributed by atoms with E-state index in [1.807, 2.05) is 12.1 Å². The van der Waals surface area contributed by atoms with Gasteiger partial charge in [0.25, 0.3) is 0 Å². The standard InChI is InChI=1S/C14H18O3/c1-9(2)8-10-4-6-11(7-5-10)12-14(3,17-12)13(15)16/h4-7,9,12H,8H2,1-3H3,(H,15,16). The van der Waals surface area contributed by atoms with Crippen molar-refractivity contribution in [3.05, 3.63) is 35.4 Å². The molecule has 2 rings (SSSR count). The van der Waals surface area contributed by atoms with Gasteiger partial charge in [0.1, 0.15) is 6.10 Å². The molecule has 1 aliphatic rings. The van der Waals surface area contributed by atoms with Gasteiger partial charge in [-0.3, -0.25) is 0 Å². The van der Waals surface area contributed by atoms with Crippen LogP contribution >= 0.6 is 0 Å². The Morgan fingerprint density at radius 1 is 1.41 bits per heavy atom. The molecular weight excluding hydrogens is 216 g/mol. The quantitative estimate of drug-likeness (QED) is 0.815. The van der Waals surface area contributed by atoms with Gasteiger partial charge in [0, 0.05) is 0 Å². The summed E-state index contributed by atoms with van der Waals surface area (Å²) in [6.07, 6.45) is 0.746. The number of epoxide rings is 1. The van der Waals surface area contributed by atoms with Crippen molar-refractivity contribution in [1.29, 1.82) is 0 Å². The van der Waals surface area contributed by atoms with E-state index in [-0.39, 0.29) is 6.10 Å². The first-order chi connectivity index (χ1) is 7.93. The Kier molecular flexibility index (Phi) is 2.96. The van der Waals surface area contributed by atoms with Crippen LogP contribution in [0, 0.1) is 5.92 Å². The predicted octanol–water partition coefficient (Wildman–Crippen LogP) is 2.80. The molecule has 1 heterocycles. The van der Waals surface area contributed by atoms with E-state index in [9.17, 15) is 4.79 Å². The molecule has 0 radical (unpaired) electrons. The van der Waals surface area contributed by atoms with Crippen molar-refractivity contribution in [2.45, 2.75) is 38.9 Å². The first-order valence-electron chi connectivity index (χ1n) is 5.93. The van der Waals surface area contributed by atoms with Crippen LogP contribution in [0.4, 0.5) is 0 Å². The third kappa shape index (κ3) is 2.34. The summed E-state index contributed by atoms with van der Waals surface area (Å²) in [5.41, 5.74) is 1.20. The van der Waals surface area contributed by atoms with E-state index in [1.54, 1.807) is 6.92 Å². The zero-order valence-electron chi connectivity index (χ0n) is 10.4. The van der Waals surface area contributed by atoms with Crippen LogP contribution in [0.1, 0.15) is 38.0 Å². The van der Waals surface area contributed by atoms with Gasteiger partial charge in [-0.15, -0.1) is 0 Å². The molecule has 0 saturated carbocycles. The highest BCUT2D eigenvalue weighted by Gasteiger charge is 2.59. The first kappa shape index (κ1) is 12.1. The molecule has 1 saturated heterocycles. The number of aliphatic carboxylic acids is 1. The van der Waals surface area contributed by atoms with E-state index in [2.05, 4.69) is 26.0 Å². The fourth-order valence-corrected chi connectivity index (χ4v) is 2.06. The lowest BCUT2D eigenvalue weighted by Gasteiger charge is -2.05. The van der Waals surface area contributed by atoms with E-state index < -0.39 is 11.6 Å². The number of benzene rings is 1. The summed E-state index contributed by atoms with van der Waals surface area (Å²) in [6, 6.07) is 8.05. The Labute approximate surface area is 101 Å². The molecular formula is C14H18O3. The zero-order chi connectivity index (χ0) is 12.6. The molecule has 3 heteroatoms. The Morgan fingerprint density at radius 2 is 2.00 bits per heavy atom. The van der Waals surface area contributed by atoms with Gasteiger partial charge in [-0.2, -0.15) is 0 Å². The Balaban J connectivity index is 2.08. The SMILES string of the molecule is CC(C)Cc1ccc(C2OC2(C)C(=O)O)cc1. The van der Waals surface area contributed by atoms with Crippen molar-refractivity contribution in [3.63, 3.8) is 0 Å². The topological polar surface area (TPSA) is 49.8 Å². The highest BCUT2D eigenvalue weighted by molar-refractivity contribution is 5.81. The van der Waals surface area contributed by atoms with Gasteiger partial charge in [0.2, 0.25) is 0 Å². The maximum absolute atomic E-state index is 11.0. The van der Waals surface area contributed by atoms with Gasteiger partial charge in [-0.05, 0) is 30.4 Å². The summed E-state index contributed by atoms with van der Waals surface area (Å²) in [6.45, 7) is 5.97. The molecule has 0 aliphatic carbocycles. The van der Waals surface area contributed by atoms with Gasteiger partial charge >= 0.3 is 5.97 Å². The van der Waals surface area contributed by atoms with Gasteiger partial charge in [0.15, 0.2) is 5.60 Å². The number of hydrogen-bond acceptors (Lipinski definition) is 2. The Bertz CT molecular complexity index is 422. The molecule has 1 aromatic carbocycles. The monoisotopic (exact) mass is 234 g/mol. The van der Waals surface area contributed by atoms with E-state index in [4.69, 9.17) is 9.84 Å². The van der Waals surface area contributed by atoms with E-state index >= 15 is 0 Å². The Morgan fingerprint density at radius 3 is 2.41 bits per heavy atom. The smallest absolute Gasteiger partial charge is 0.338 e. The largest absolute Gasteiger partial charge is 0.479 e. The van der Waals surface area contributed by atoms with Gasteiger partial charge in [0.05, 0.1) is 0 Å². The first-order valence-corrected chi connectivity index (χ1v) is 5.93. The van der Waals surface area contributed by atoms with Gasteiger partial charge < -0.3 is 9.84 Å². The Hall–Kier alpha value is -1.35. The molecule has 1 aromatic rings. The summed E-state index contributed by atoms with van der Waals surface area (Å²) in [4.78, 5) is 11.0. The number of ether oxygens (including phenoxy) is 1. The minimum Gasteiger partial charge on any atom is -0.479 e. The number of carbonyl (C=O) groups is 1. The molecule has 0 spiro atoms. The van der Waals surface area contributed by atoms with Crippen molar-refractivity contribution >= 4 is 5.97 Å². The summed E-state index contributed by atoms with van der Waals surface area (Å²) >= 11 is 0. The summed E-state index contributed by atoms with van der Waals surface area (Å²) in [5.74, 6) is -0.268. The molecule has 0 aromatic heterocycles. The number of carboxylic acid groups (broad SMARTS) is 1. The fraction of sp³-hybridized carbons (Fsp3) is 0.500. The summed E-state index contributed by atoms with van der Waals surface area (Å²) in [5, 5.41) is 8.99. The maximum Gasteiger partial charge on any atom is 0.338 e. The number of carboxylic acids is 1. The van der Waals surface area contributed by atoms with Crippen LogP contribution < -0.4 is 0 Å². The average Bonchev–Trinajstić information content (AvgIpc) is 2.93. The normalized spacial score (nSPS) is 27.2. The zero-order valence-corrected chi connectivity index (χ0v) is 10.4. The van der Waals surface area contributed by atoms with Gasteiger partial charge in [-0.25, -0.2) is 4.79 Å². The molecule has 1 fully saturated rings. The van der Waals surface area contributed by atoms with Crippen LogP contribution in [0.25, 0.3) is 0 Å². The molecule has 2 atom stereocenters. The summed E-state index contributed by atoms with van der Waals surface area (Å²) in [7, 11) is 0. The molecule has 0 bridgehead atoms. The summed E-state index contributed by atoms with van der Waals surface area (Å²) < 4.78 is 5.27. The lowest BCUT2D eigenvalue weighted by atomic mass is 9.97. The van der Waals surface area contributed by atoms with Crippen molar-refractivity contribution in [2.24, 2.45) is 5.92 Å². The molecule has 1 aliphatic heterocycles. The van der Waals surface area contributed by atoms with E-state index in [0.717, 1.165) is 12.0 Å². The van der Waals surface area contributed by atoms with Crippen molar-refractivity contribution in [1.82, 2.24) is 0 Å². The highest BCUT2D eigenvalue weighted by Crippen LogP contribution is 2.49. The minimum atomic E-state index is -1.03. The van der Waals surface area contributed by atoms with Crippen LogP contribution in [0.2, 0.25) is 0 Å². The lowest BCUT2D eigenvalue weighted by molar-refractivity contribution is -0.142. The van der Waals surface area contributed by atoms with Crippen LogP contribution in [0.5, 0.6) is 0 Å². The second kappa shape index (κ2) is 4.15. The molecule has 1 N–H and O–H groups in total. The predicted molar refractivity (Wildman–Crippen MR) is 64.9 cm³/mol. The second-order valence-corrected chi connectivity index (χ2v) is 5.25. The molecule has 2 unspecified atom stereocenters. The van der Waals surface area contributed by atoms with E-state index in [0.29, 0.717) is 5.92 Å². The minimum absolute atomic E-state index is 0.298. The van der Waals surface area contributed by atoms with Crippen LogP contribution in [-0.4, -0.2) is 16.7 Å². The third-order valence-electron chi connectivity index (χ3n) is 3.16. The third-order valence-corrected chi connectivity index (χ3v) is 3.16. The van der Waals surface area contributed by atoms with Crippen molar-refractivity contribution in [3.8, 4) is 0 Å². The average molecular weight is 234 g/mol. The van der Waals surface area contributed by atoms with Crippen molar-refractivity contribution in [2.75, 3.05) is 0 Å². The molecule has 0 amide bonds. The van der Waals surface area contributed by atoms with Crippen LogP contribution in [-0.2, 0) is 16.0 Å². The molecule has 17 heavy (non-hydrogen) atoms. The van der Waals surface area contributed by atoms with Gasteiger partial charge in [-0.1, -0.05) is 38.1 Å². The number of rotatable bonds is 4. The molecule has 3 nitrogen and oxygen atoms in total. The lowest BCUT2D eigenvalue weighted by Crippen LogP contribution is -2.20.